The first kappa shape index (κ1) is 30.6. The number of hydrogen-bond donors (Lipinski definition) is 3. The molecule has 10 heteroatoms. The number of allylic oxidation sites excluding steroid dienone is 2. The van der Waals surface area contributed by atoms with Gasteiger partial charge in [0, 0.05) is 28.3 Å². The number of nitrogens with two attached hydrogens (primary N) is 2. The highest BCUT2D eigenvalue weighted by atomic mass is 19.4. The lowest BCUT2D eigenvalue weighted by atomic mass is 9.92. The third-order valence-electron chi connectivity index (χ3n) is 7.44. The predicted octanol–water partition coefficient (Wildman–Crippen LogP) is 6.42. The van der Waals surface area contributed by atoms with Gasteiger partial charge in [-0.15, -0.1) is 10.2 Å². The van der Waals surface area contributed by atoms with Gasteiger partial charge < -0.3 is 21.2 Å². The van der Waals surface area contributed by atoms with E-state index in [1.165, 1.54) is 12.1 Å². The van der Waals surface area contributed by atoms with E-state index in [2.05, 4.69) is 27.4 Å². The van der Waals surface area contributed by atoms with Crippen molar-refractivity contribution >= 4 is 11.6 Å². The zero-order valence-corrected chi connectivity index (χ0v) is 24.1. The Morgan fingerprint density at radius 3 is 2.55 bits per heavy atom. The number of amides is 1. The normalized spacial score (nSPS) is 17.0. The Morgan fingerprint density at radius 1 is 1.07 bits per heavy atom. The lowest BCUT2D eigenvalue weighted by molar-refractivity contribution is -0.161. The quantitative estimate of drug-likeness (QED) is 0.159. The molecule has 0 radical (unpaired) electrons. The van der Waals surface area contributed by atoms with E-state index in [0.29, 0.717) is 41.6 Å². The molecule has 1 aliphatic carbocycles. The van der Waals surface area contributed by atoms with Crippen molar-refractivity contribution in [3.63, 3.8) is 0 Å². The summed E-state index contributed by atoms with van der Waals surface area (Å²) < 4.78 is 48.8. The number of carbonyl (C=O) groups is 1. The molecule has 5 N–H and O–H groups in total. The van der Waals surface area contributed by atoms with Crippen molar-refractivity contribution in [2.45, 2.75) is 50.4 Å². The number of nitrogens with zero attached hydrogens (tertiary/aromatic N) is 2. The van der Waals surface area contributed by atoms with E-state index < -0.39 is 29.6 Å². The van der Waals surface area contributed by atoms with Gasteiger partial charge in [0.15, 0.2) is 0 Å². The number of benzene rings is 3. The fourth-order valence-corrected chi connectivity index (χ4v) is 5.17. The van der Waals surface area contributed by atoms with Gasteiger partial charge in [-0.05, 0) is 74.1 Å². The van der Waals surface area contributed by atoms with Crippen molar-refractivity contribution in [1.29, 1.82) is 0 Å². The molecule has 3 unspecified atom stereocenters. The Hall–Kier alpha value is -4.88. The number of anilines is 1. The van der Waals surface area contributed by atoms with E-state index in [4.69, 9.17) is 15.9 Å². The fraction of sp³-hybridized carbons (Fsp3) is 0.265. The van der Waals surface area contributed by atoms with Gasteiger partial charge in [0.05, 0.1) is 5.54 Å². The molecule has 0 spiro atoms. The molecule has 0 saturated heterocycles. The Morgan fingerprint density at radius 2 is 1.80 bits per heavy atom. The Labute approximate surface area is 253 Å². The Bertz CT molecular complexity index is 1720. The minimum atomic E-state index is -4.71. The summed E-state index contributed by atoms with van der Waals surface area (Å²) in [6.45, 7) is 1.77. The van der Waals surface area contributed by atoms with Gasteiger partial charge in [-0.1, -0.05) is 66.4 Å². The van der Waals surface area contributed by atoms with Gasteiger partial charge >= 0.3 is 6.18 Å². The minimum Gasteiger partial charge on any atom is -0.419 e. The van der Waals surface area contributed by atoms with Crippen molar-refractivity contribution in [3.8, 4) is 34.4 Å². The van der Waals surface area contributed by atoms with Crippen LogP contribution in [0.3, 0.4) is 0 Å². The standard InChI is InChI=1S/C34H32F3N5O2/c1-33(39,21-22-12-6-5-7-13-22)32-42-41-31(44-32)26-19-24(27-16-10-11-17-28(27)38)18-25(20-26)30(43)40-29(34(35,36)37)23-14-8-3-2-4-9-15-23/h2-3,5-7,10-13,16-20,23,29H,4,9,15,21,38-39H2,1H3,(H,40,43). The molecule has 226 valence electrons. The van der Waals surface area contributed by atoms with E-state index in [1.54, 1.807) is 43.3 Å². The summed E-state index contributed by atoms with van der Waals surface area (Å²) in [5, 5.41) is 10.6. The van der Waals surface area contributed by atoms with Crippen LogP contribution in [0.1, 0.15) is 48.0 Å². The van der Waals surface area contributed by atoms with E-state index in [1.807, 2.05) is 36.4 Å². The minimum absolute atomic E-state index is 0.0340. The maximum atomic E-state index is 14.3. The van der Waals surface area contributed by atoms with Crippen LogP contribution in [0, 0.1) is 17.8 Å². The molecular weight excluding hydrogens is 567 g/mol. The molecule has 0 fully saturated rings. The third kappa shape index (κ3) is 7.18. The smallest absolute Gasteiger partial charge is 0.409 e. The van der Waals surface area contributed by atoms with Gasteiger partial charge in [0.1, 0.15) is 6.04 Å². The molecule has 1 heterocycles. The van der Waals surface area contributed by atoms with Gasteiger partial charge in [-0.3, -0.25) is 4.79 Å². The molecular formula is C34H32F3N5O2. The first-order valence-corrected chi connectivity index (χ1v) is 14.2. The molecule has 1 aliphatic rings. The second-order valence-electron chi connectivity index (χ2n) is 11.1. The maximum absolute atomic E-state index is 14.3. The molecule has 0 saturated carbocycles. The van der Waals surface area contributed by atoms with Crippen molar-refractivity contribution < 1.29 is 22.4 Å². The molecule has 4 aromatic rings. The highest BCUT2D eigenvalue weighted by Crippen LogP contribution is 2.34. The SMILES string of the molecule is CC(N)(Cc1ccccc1)c1nnc(-c2cc(C(=O)NC(C3C#CC=CCCC3)C(F)(F)F)cc(-c3ccccc3N)c2)o1. The van der Waals surface area contributed by atoms with Gasteiger partial charge in [0.2, 0.25) is 11.8 Å². The van der Waals surface area contributed by atoms with Gasteiger partial charge in [0.25, 0.3) is 5.91 Å². The lowest BCUT2D eigenvalue weighted by Gasteiger charge is -2.27. The zero-order chi connectivity index (χ0) is 31.3. The predicted molar refractivity (Wildman–Crippen MR) is 163 cm³/mol. The van der Waals surface area contributed by atoms with Gasteiger partial charge in [-0.2, -0.15) is 13.2 Å². The fourth-order valence-electron chi connectivity index (χ4n) is 5.17. The molecule has 44 heavy (non-hydrogen) atoms. The number of halogens is 3. The summed E-state index contributed by atoms with van der Waals surface area (Å²) in [5.74, 6) is 3.54. The Balaban J connectivity index is 1.52. The largest absolute Gasteiger partial charge is 0.419 e. The summed E-state index contributed by atoms with van der Waals surface area (Å²) in [6, 6.07) is 19.0. The molecule has 3 atom stereocenters. The van der Waals surface area contributed by atoms with Crippen LogP contribution in [0.5, 0.6) is 0 Å². The molecule has 7 nitrogen and oxygen atoms in total. The van der Waals surface area contributed by atoms with Crippen molar-refractivity contribution in [1.82, 2.24) is 15.5 Å². The number of para-hydroxylation sites is 1. The zero-order valence-electron chi connectivity index (χ0n) is 24.1. The van der Waals surface area contributed by atoms with Crippen LogP contribution >= 0.6 is 0 Å². The van der Waals surface area contributed by atoms with Gasteiger partial charge in [-0.25, -0.2) is 0 Å². The second kappa shape index (κ2) is 12.8. The summed E-state index contributed by atoms with van der Waals surface area (Å²) in [7, 11) is 0. The number of hydrogen-bond acceptors (Lipinski definition) is 6. The lowest BCUT2D eigenvalue weighted by Crippen LogP contribution is -2.50. The van der Waals surface area contributed by atoms with Crippen LogP contribution in [0.25, 0.3) is 22.6 Å². The van der Waals surface area contributed by atoms with Crippen LogP contribution in [0.15, 0.2) is 89.4 Å². The van der Waals surface area contributed by atoms with Crippen LogP contribution in [0.2, 0.25) is 0 Å². The van der Waals surface area contributed by atoms with Crippen LogP contribution in [-0.4, -0.2) is 28.3 Å². The van der Waals surface area contributed by atoms with Crippen LogP contribution in [-0.2, 0) is 12.0 Å². The molecule has 0 bridgehead atoms. The van der Waals surface area contributed by atoms with Crippen molar-refractivity contribution in [3.05, 3.63) is 102 Å². The average Bonchev–Trinajstić information content (AvgIpc) is 3.48. The van der Waals surface area contributed by atoms with E-state index in [-0.39, 0.29) is 23.8 Å². The topological polar surface area (TPSA) is 120 Å². The van der Waals surface area contributed by atoms with E-state index in [0.717, 1.165) is 5.56 Å². The van der Waals surface area contributed by atoms with Crippen LogP contribution < -0.4 is 16.8 Å². The number of nitrogens with one attached hydrogen (secondary N) is 1. The van der Waals surface area contributed by atoms with E-state index in [9.17, 15) is 18.0 Å². The summed E-state index contributed by atoms with van der Waals surface area (Å²) in [5.41, 5.74) is 14.5. The summed E-state index contributed by atoms with van der Waals surface area (Å²) >= 11 is 0. The number of nitrogen functional groups attached to an aromatic ring is 1. The van der Waals surface area contributed by atoms with Crippen LogP contribution in [0.4, 0.5) is 18.9 Å². The Kier molecular flexibility index (Phi) is 8.88. The first-order valence-electron chi connectivity index (χ1n) is 14.2. The van der Waals surface area contributed by atoms with Crippen molar-refractivity contribution in [2.75, 3.05) is 5.73 Å². The number of carbonyl (C=O) groups excluding carboxylic acids is 1. The highest BCUT2D eigenvalue weighted by Gasteiger charge is 2.45. The number of alkyl halides is 3. The maximum Gasteiger partial charge on any atom is 0.409 e. The number of aromatic nitrogens is 2. The monoisotopic (exact) mass is 599 g/mol. The molecule has 3 aromatic carbocycles. The molecule has 1 amide bonds. The molecule has 5 rings (SSSR count). The van der Waals surface area contributed by atoms with Crippen molar-refractivity contribution in [2.24, 2.45) is 11.7 Å². The first-order chi connectivity index (χ1) is 21.0. The van der Waals surface area contributed by atoms with E-state index >= 15 is 0 Å². The molecule has 1 aromatic heterocycles. The average molecular weight is 600 g/mol. The summed E-state index contributed by atoms with van der Waals surface area (Å²) in [4.78, 5) is 13.5. The third-order valence-corrected chi connectivity index (χ3v) is 7.44. The second-order valence-corrected chi connectivity index (χ2v) is 11.1. The highest BCUT2D eigenvalue weighted by molar-refractivity contribution is 5.97. The molecule has 0 aliphatic heterocycles. The summed E-state index contributed by atoms with van der Waals surface area (Å²) in [6.07, 6.45) is 0.411. The number of rotatable bonds is 8.